The summed E-state index contributed by atoms with van der Waals surface area (Å²) < 4.78 is 14.0. The number of aromatic nitrogens is 1. The molecule has 0 aliphatic carbocycles. The minimum atomic E-state index is -0.209. The molecule has 0 bridgehead atoms. The van der Waals surface area contributed by atoms with Crippen molar-refractivity contribution in [1.29, 1.82) is 0 Å². The summed E-state index contributed by atoms with van der Waals surface area (Å²) in [6.45, 7) is 7.56. The van der Waals surface area contributed by atoms with Crippen LogP contribution in [0.1, 0.15) is 55.4 Å². The molecule has 1 aliphatic heterocycles. The van der Waals surface area contributed by atoms with Crippen LogP contribution in [0.5, 0.6) is 0 Å². The first-order chi connectivity index (χ1) is 12.9. The maximum atomic E-state index is 14.0. The molecular formula is C21H28FN3OS. The Morgan fingerprint density at radius 3 is 2.85 bits per heavy atom. The van der Waals surface area contributed by atoms with Crippen LogP contribution in [0.3, 0.4) is 0 Å². The maximum absolute atomic E-state index is 14.0. The minimum absolute atomic E-state index is 0.0299. The van der Waals surface area contributed by atoms with Gasteiger partial charge >= 0.3 is 0 Å². The number of aryl methyl sites for hydroxylation is 1. The lowest BCUT2D eigenvalue weighted by Gasteiger charge is -2.26. The van der Waals surface area contributed by atoms with E-state index in [1.165, 1.54) is 6.07 Å². The van der Waals surface area contributed by atoms with E-state index in [9.17, 15) is 9.18 Å². The van der Waals surface area contributed by atoms with Crippen molar-refractivity contribution in [1.82, 2.24) is 15.2 Å². The van der Waals surface area contributed by atoms with E-state index in [1.54, 1.807) is 23.5 Å². The topological polar surface area (TPSA) is 45.2 Å². The number of carbonyl (C=O) groups excluding carboxylic acids is 1. The normalized spacial score (nSPS) is 18.8. The van der Waals surface area contributed by atoms with Crippen LogP contribution in [0.2, 0.25) is 0 Å². The predicted molar refractivity (Wildman–Crippen MR) is 107 cm³/mol. The Balaban J connectivity index is 1.69. The summed E-state index contributed by atoms with van der Waals surface area (Å²) in [7, 11) is 0. The Morgan fingerprint density at radius 2 is 2.19 bits per heavy atom. The number of amides is 1. The fourth-order valence-corrected chi connectivity index (χ4v) is 4.51. The van der Waals surface area contributed by atoms with Crippen molar-refractivity contribution in [3.8, 4) is 0 Å². The summed E-state index contributed by atoms with van der Waals surface area (Å²) in [6.07, 6.45) is 2.63. The average Bonchev–Trinajstić information content (AvgIpc) is 3.25. The van der Waals surface area contributed by atoms with Gasteiger partial charge in [0.25, 0.3) is 0 Å². The molecule has 4 nitrogen and oxygen atoms in total. The van der Waals surface area contributed by atoms with Crippen LogP contribution in [0.15, 0.2) is 29.6 Å². The number of rotatable bonds is 7. The van der Waals surface area contributed by atoms with Gasteiger partial charge in [0.2, 0.25) is 5.91 Å². The van der Waals surface area contributed by atoms with Gasteiger partial charge in [0.05, 0.1) is 12.1 Å². The molecule has 27 heavy (non-hydrogen) atoms. The van der Waals surface area contributed by atoms with Gasteiger partial charge in [-0.15, -0.1) is 11.3 Å². The molecule has 1 aliphatic rings. The third-order valence-corrected chi connectivity index (χ3v) is 6.03. The van der Waals surface area contributed by atoms with Gasteiger partial charge in [0, 0.05) is 23.2 Å². The first-order valence-corrected chi connectivity index (χ1v) is 10.5. The number of benzene rings is 1. The average molecular weight is 390 g/mol. The summed E-state index contributed by atoms with van der Waals surface area (Å²) in [5, 5.41) is 6.21. The molecule has 1 N–H and O–H groups in total. The van der Waals surface area contributed by atoms with E-state index >= 15 is 0 Å². The van der Waals surface area contributed by atoms with Crippen LogP contribution in [0, 0.1) is 18.7 Å². The smallest absolute Gasteiger partial charge is 0.237 e. The van der Waals surface area contributed by atoms with Gasteiger partial charge in [-0.1, -0.05) is 32.0 Å². The van der Waals surface area contributed by atoms with E-state index in [0.717, 1.165) is 36.5 Å². The van der Waals surface area contributed by atoms with Gasteiger partial charge in [0.1, 0.15) is 10.8 Å². The number of halogens is 1. The molecule has 146 valence electrons. The van der Waals surface area contributed by atoms with E-state index < -0.39 is 0 Å². The predicted octanol–water partition coefficient (Wildman–Crippen LogP) is 4.46. The Labute approximate surface area is 164 Å². The quantitative estimate of drug-likeness (QED) is 0.760. The SMILES string of the molecule is Cc1csc(C(CC(C)C)NC(=O)C2CCCN2Cc2ccccc2F)n1. The van der Waals surface area contributed by atoms with Crippen LogP contribution in [-0.2, 0) is 11.3 Å². The highest BCUT2D eigenvalue weighted by molar-refractivity contribution is 7.09. The molecule has 2 heterocycles. The van der Waals surface area contributed by atoms with E-state index in [-0.39, 0.29) is 23.8 Å². The van der Waals surface area contributed by atoms with Gasteiger partial charge in [-0.2, -0.15) is 0 Å². The molecule has 1 aromatic heterocycles. The number of nitrogens with zero attached hydrogens (tertiary/aromatic N) is 2. The van der Waals surface area contributed by atoms with Gasteiger partial charge in [-0.05, 0) is 44.7 Å². The van der Waals surface area contributed by atoms with Gasteiger partial charge in [-0.3, -0.25) is 9.69 Å². The van der Waals surface area contributed by atoms with Crippen LogP contribution in [-0.4, -0.2) is 28.4 Å². The monoisotopic (exact) mass is 389 g/mol. The third kappa shape index (κ3) is 5.14. The second-order valence-corrected chi connectivity index (χ2v) is 8.63. The molecule has 0 spiro atoms. The Morgan fingerprint density at radius 1 is 1.41 bits per heavy atom. The molecule has 1 fully saturated rings. The molecule has 1 amide bonds. The van der Waals surface area contributed by atoms with E-state index in [4.69, 9.17) is 0 Å². The molecule has 1 aromatic carbocycles. The first kappa shape index (κ1) is 20.0. The number of thiazole rings is 1. The van der Waals surface area contributed by atoms with Crippen LogP contribution >= 0.6 is 11.3 Å². The van der Waals surface area contributed by atoms with E-state index in [1.807, 2.05) is 18.4 Å². The number of likely N-dealkylation sites (tertiary alicyclic amines) is 1. The van der Waals surface area contributed by atoms with Crippen molar-refractivity contribution in [2.45, 2.75) is 58.7 Å². The van der Waals surface area contributed by atoms with Crippen LogP contribution in [0.4, 0.5) is 4.39 Å². The zero-order chi connectivity index (χ0) is 19.4. The lowest BCUT2D eigenvalue weighted by molar-refractivity contribution is -0.126. The molecule has 2 unspecified atom stereocenters. The molecule has 1 saturated heterocycles. The number of hydrogen-bond donors (Lipinski definition) is 1. The van der Waals surface area contributed by atoms with E-state index in [0.29, 0.717) is 18.0 Å². The van der Waals surface area contributed by atoms with Crippen molar-refractivity contribution in [2.24, 2.45) is 5.92 Å². The van der Waals surface area contributed by atoms with Crippen LogP contribution < -0.4 is 5.32 Å². The van der Waals surface area contributed by atoms with Crippen molar-refractivity contribution >= 4 is 17.2 Å². The molecule has 2 aromatic rings. The molecule has 0 radical (unpaired) electrons. The molecule has 3 rings (SSSR count). The highest BCUT2D eigenvalue weighted by Crippen LogP contribution is 2.27. The summed E-state index contributed by atoms with van der Waals surface area (Å²) in [4.78, 5) is 19.7. The molecule has 0 saturated carbocycles. The maximum Gasteiger partial charge on any atom is 0.237 e. The van der Waals surface area contributed by atoms with Gasteiger partial charge < -0.3 is 5.32 Å². The van der Waals surface area contributed by atoms with Gasteiger partial charge in [-0.25, -0.2) is 9.37 Å². The Kier molecular flexibility index (Phi) is 6.60. The third-order valence-electron chi connectivity index (χ3n) is 4.96. The Hall–Kier alpha value is -1.79. The minimum Gasteiger partial charge on any atom is -0.345 e. The van der Waals surface area contributed by atoms with Crippen LogP contribution in [0.25, 0.3) is 0 Å². The Bertz CT molecular complexity index is 776. The standard InChI is InChI=1S/C21H28FN3OS/c1-14(2)11-18(21-23-15(3)13-27-21)24-20(26)19-9-6-10-25(19)12-16-7-4-5-8-17(16)22/h4-5,7-8,13-14,18-19H,6,9-12H2,1-3H3,(H,24,26). The number of nitrogens with one attached hydrogen (secondary N) is 1. The zero-order valence-corrected chi connectivity index (χ0v) is 17.1. The summed E-state index contributed by atoms with van der Waals surface area (Å²) in [5.74, 6) is 0.277. The zero-order valence-electron chi connectivity index (χ0n) is 16.2. The van der Waals surface area contributed by atoms with Crippen molar-refractivity contribution in [3.63, 3.8) is 0 Å². The highest BCUT2D eigenvalue weighted by atomic mass is 32.1. The summed E-state index contributed by atoms with van der Waals surface area (Å²) in [6, 6.07) is 6.53. The lowest BCUT2D eigenvalue weighted by Crippen LogP contribution is -2.44. The highest BCUT2D eigenvalue weighted by Gasteiger charge is 2.33. The molecular weight excluding hydrogens is 361 g/mol. The van der Waals surface area contributed by atoms with E-state index in [2.05, 4.69) is 29.0 Å². The second-order valence-electron chi connectivity index (χ2n) is 7.74. The fourth-order valence-electron chi connectivity index (χ4n) is 3.65. The van der Waals surface area contributed by atoms with Crippen molar-refractivity contribution < 1.29 is 9.18 Å². The summed E-state index contributed by atoms with van der Waals surface area (Å²) in [5.41, 5.74) is 1.63. The lowest BCUT2D eigenvalue weighted by atomic mass is 10.0. The fraction of sp³-hybridized carbons (Fsp3) is 0.524. The molecule has 6 heteroatoms. The number of carbonyl (C=O) groups is 1. The largest absolute Gasteiger partial charge is 0.345 e. The first-order valence-electron chi connectivity index (χ1n) is 9.64. The second kappa shape index (κ2) is 8.93. The van der Waals surface area contributed by atoms with Crippen molar-refractivity contribution in [3.05, 3.63) is 51.7 Å². The van der Waals surface area contributed by atoms with Gasteiger partial charge in [0.15, 0.2) is 0 Å². The summed E-state index contributed by atoms with van der Waals surface area (Å²) >= 11 is 1.60. The molecule has 2 atom stereocenters. The van der Waals surface area contributed by atoms with Crippen molar-refractivity contribution in [2.75, 3.05) is 6.54 Å². The number of hydrogen-bond acceptors (Lipinski definition) is 4.